The van der Waals surface area contributed by atoms with Gasteiger partial charge in [0.05, 0.1) is 5.60 Å². The van der Waals surface area contributed by atoms with E-state index in [1.165, 1.54) is 16.7 Å². The molecule has 0 amide bonds. The maximum absolute atomic E-state index is 12.1. The molecule has 4 rings (SSSR count). The van der Waals surface area contributed by atoms with Crippen LogP contribution in [-0.2, 0) is 6.42 Å². The molecular formula is C27H31NO. The van der Waals surface area contributed by atoms with Gasteiger partial charge >= 0.3 is 0 Å². The Morgan fingerprint density at radius 2 is 1.38 bits per heavy atom. The number of rotatable bonds is 6. The highest BCUT2D eigenvalue weighted by atomic mass is 16.3. The van der Waals surface area contributed by atoms with E-state index in [1.54, 1.807) is 0 Å². The number of hydrogen-bond donors (Lipinski definition) is 2. The molecule has 4 atom stereocenters. The summed E-state index contributed by atoms with van der Waals surface area (Å²) in [7, 11) is 0. The summed E-state index contributed by atoms with van der Waals surface area (Å²) in [5.41, 5.74) is 2.95. The number of hydrogen-bond acceptors (Lipinski definition) is 2. The predicted molar refractivity (Wildman–Crippen MR) is 120 cm³/mol. The van der Waals surface area contributed by atoms with E-state index in [9.17, 15) is 5.11 Å². The fourth-order valence-corrected chi connectivity index (χ4v) is 4.99. The molecule has 1 saturated heterocycles. The van der Waals surface area contributed by atoms with Crippen molar-refractivity contribution in [3.05, 3.63) is 108 Å². The van der Waals surface area contributed by atoms with Gasteiger partial charge in [0.1, 0.15) is 0 Å². The topological polar surface area (TPSA) is 32.3 Å². The number of piperidine rings is 1. The normalized spacial score (nSPS) is 26.9. The zero-order chi connectivity index (χ0) is 20.1. The lowest BCUT2D eigenvalue weighted by Gasteiger charge is -2.49. The minimum absolute atomic E-state index is 0.128. The summed E-state index contributed by atoms with van der Waals surface area (Å²) in [6, 6.07) is 31.9. The quantitative estimate of drug-likeness (QED) is 0.558. The molecule has 1 aliphatic heterocycles. The third kappa shape index (κ3) is 4.44. The second kappa shape index (κ2) is 8.94. The first-order chi connectivity index (χ1) is 14.2. The average molecular weight is 386 g/mol. The van der Waals surface area contributed by atoms with E-state index < -0.39 is 5.60 Å². The van der Waals surface area contributed by atoms with Crippen molar-refractivity contribution in [1.29, 1.82) is 0 Å². The van der Waals surface area contributed by atoms with Crippen LogP contribution in [0.1, 0.15) is 55.0 Å². The van der Waals surface area contributed by atoms with Gasteiger partial charge in [-0.3, -0.25) is 0 Å². The predicted octanol–water partition coefficient (Wildman–Crippen LogP) is 5.85. The van der Waals surface area contributed by atoms with Gasteiger partial charge in [-0.2, -0.15) is 0 Å². The molecule has 0 radical (unpaired) electrons. The Balaban J connectivity index is 1.75. The third-order valence-corrected chi connectivity index (χ3v) is 6.34. The molecule has 0 unspecified atom stereocenters. The molecule has 1 heterocycles. The largest absolute Gasteiger partial charge is 0.389 e. The molecule has 0 bridgehead atoms. The maximum atomic E-state index is 12.1. The van der Waals surface area contributed by atoms with Crippen LogP contribution < -0.4 is 5.32 Å². The summed E-state index contributed by atoms with van der Waals surface area (Å²) in [6.07, 6.45) is 3.47. The van der Waals surface area contributed by atoms with Crippen LogP contribution in [0.5, 0.6) is 0 Å². The first-order valence-electron chi connectivity index (χ1n) is 10.8. The average Bonchev–Trinajstić information content (AvgIpc) is 2.77. The highest BCUT2D eigenvalue weighted by molar-refractivity contribution is 5.28. The van der Waals surface area contributed by atoms with Gasteiger partial charge in [0.2, 0.25) is 0 Å². The fraction of sp³-hybridized carbons (Fsp3) is 0.333. The van der Waals surface area contributed by atoms with Crippen LogP contribution in [0.15, 0.2) is 91.0 Å². The highest BCUT2D eigenvalue weighted by Crippen LogP contribution is 2.46. The molecule has 29 heavy (non-hydrogen) atoms. The smallest absolute Gasteiger partial charge is 0.0752 e. The van der Waals surface area contributed by atoms with Gasteiger partial charge in [0.15, 0.2) is 0 Å². The van der Waals surface area contributed by atoms with Gasteiger partial charge in [-0.1, -0.05) is 104 Å². The zero-order valence-electron chi connectivity index (χ0n) is 17.2. The van der Waals surface area contributed by atoms with Gasteiger partial charge in [-0.25, -0.2) is 0 Å². The molecule has 2 N–H and O–H groups in total. The van der Waals surface area contributed by atoms with E-state index in [4.69, 9.17) is 0 Å². The SMILES string of the molecule is CCC[C@H]1[C@@H](c2ccccc2)N[C@H](c2ccccc2)C[C@@]1(O)Cc1ccccc1. The van der Waals surface area contributed by atoms with Gasteiger partial charge < -0.3 is 10.4 Å². The van der Waals surface area contributed by atoms with E-state index in [2.05, 4.69) is 97.2 Å². The molecule has 0 aromatic heterocycles. The Morgan fingerprint density at radius 3 is 1.97 bits per heavy atom. The molecule has 0 aliphatic carbocycles. The van der Waals surface area contributed by atoms with Crippen molar-refractivity contribution in [3.8, 4) is 0 Å². The van der Waals surface area contributed by atoms with E-state index in [-0.39, 0.29) is 18.0 Å². The van der Waals surface area contributed by atoms with Crippen molar-refractivity contribution < 1.29 is 5.11 Å². The summed E-state index contributed by atoms with van der Waals surface area (Å²) in [4.78, 5) is 0. The van der Waals surface area contributed by atoms with Crippen LogP contribution in [-0.4, -0.2) is 10.7 Å². The molecule has 1 aliphatic rings. The monoisotopic (exact) mass is 385 g/mol. The Labute approximate surface area is 174 Å². The van der Waals surface area contributed by atoms with Crippen molar-refractivity contribution in [3.63, 3.8) is 0 Å². The molecule has 3 aromatic rings. The molecule has 3 aromatic carbocycles. The maximum Gasteiger partial charge on any atom is 0.0752 e. The van der Waals surface area contributed by atoms with Crippen LogP contribution >= 0.6 is 0 Å². The summed E-state index contributed by atoms with van der Waals surface area (Å²) in [6.45, 7) is 2.22. The minimum atomic E-state index is -0.760. The summed E-state index contributed by atoms with van der Waals surface area (Å²) in [5, 5.41) is 16.0. The number of benzene rings is 3. The van der Waals surface area contributed by atoms with Gasteiger partial charge in [0.25, 0.3) is 0 Å². The van der Waals surface area contributed by atoms with Crippen molar-refractivity contribution in [1.82, 2.24) is 5.32 Å². The van der Waals surface area contributed by atoms with Crippen LogP contribution in [0, 0.1) is 5.92 Å². The van der Waals surface area contributed by atoms with Gasteiger partial charge in [-0.15, -0.1) is 0 Å². The van der Waals surface area contributed by atoms with Gasteiger partial charge in [0, 0.05) is 24.4 Å². The lowest BCUT2D eigenvalue weighted by atomic mass is 9.67. The molecule has 0 spiro atoms. The Bertz CT molecular complexity index is 880. The Morgan fingerprint density at radius 1 is 0.828 bits per heavy atom. The van der Waals surface area contributed by atoms with Crippen LogP contribution in [0.4, 0.5) is 0 Å². The second-order valence-electron chi connectivity index (χ2n) is 8.38. The van der Waals surface area contributed by atoms with E-state index >= 15 is 0 Å². The Hall–Kier alpha value is -2.42. The number of nitrogens with one attached hydrogen (secondary N) is 1. The zero-order valence-corrected chi connectivity index (χ0v) is 17.2. The van der Waals surface area contributed by atoms with E-state index in [0.29, 0.717) is 6.42 Å². The molecule has 150 valence electrons. The highest BCUT2D eigenvalue weighted by Gasteiger charge is 2.47. The van der Waals surface area contributed by atoms with Crippen molar-refractivity contribution in [2.45, 2.75) is 50.3 Å². The Kier molecular flexibility index (Phi) is 6.13. The van der Waals surface area contributed by atoms with Crippen molar-refractivity contribution in [2.24, 2.45) is 5.92 Å². The molecule has 0 saturated carbocycles. The van der Waals surface area contributed by atoms with Crippen LogP contribution in [0.3, 0.4) is 0 Å². The van der Waals surface area contributed by atoms with E-state index in [1.807, 2.05) is 6.07 Å². The second-order valence-corrected chi connectivity index (χ2v) is 8.38. The minimum Gasteiger partial charge on any atom is -0.389 e. The third-order valence-electron chi connectivity index (χ3n) is 6.34. The fourth-order valence-electron chi connectivity index (χ4n) is 4.99. The molecular weight excluding hydrogens is 354 g/mol. The van der Waals surface area contributed by atoms with Crippen LogP contribution in [0.25, 0.3) is 0 Å². The molecule has 1 fully saturated rings. The van der Waals surface area contributed by atoms with Crippen molar-refractivity contribution in [2.75, 3.05) is 0 Å². The lowest BCUT2D eigenvalue weighted by molar-refractivity contribution is -0.0780. The van der Waals surface area contributed by atoms with E-state index in [0.717, 1.165) is 19.3 Å². The standard InChI is InChI=1S/C27H31NO/c1-2-12-24-26(23-17-10-5-11-18-23)28-25(22-15-8-4-9-16-22)20-27(24,29)19-21-13-6-3-7-14-21/h3-11,13-18,24-26,28-29H,2,12,19-20H2,1H3/t24-,25-,26+,27-/m0/s1. The van der Waals surface area contributed by atoms with Gasteiger partial charge in [-0.05, 0) is 29.5 Å². The summed E-state index contributed by atoms with van der Waals surface area (Å²) >= 11 is 0. The molecule has 2 nitrogen and oxygen atoms in total. The summed E-state index contributed by atoms with van der Waals surface area (Å²) in [5.74, 6) is 0.162. The van der Waals surface area contributed by atoms with Crippen molar-refractivity contribution >= 4 is 0 Å². The molecule has 2 heteroatoms. The summed E-state index contributed by atoms with van der Waals surface area (Å²) < 4.78 is 0. The first kappa shape index (κ1) is 19.9. The lowest BCUT2D eigenvalue weighted by Crippen LogP contribution is -2.54. The van der Waals surface area contributed by atoms with Crippen LogP contribution in [0.2, 0.25) is 0 Å². The number of aliphatic hydroxyl groups is 1. The first-order valence-corrected chi connectivity index (χ1v) is 10.8.